The van der Waals surface area contributed by atoms with Crippen LogP contribution in [0.3, 0.4) is 0 Å². The fraction of sp³-hybridized carbons (Fsp3) is 0.593. The van der Waals surface area contributed by atoms with E-state index in [4.69, 9.17) is 0 Å². The first-order valence-corrected chi connectivity index (χ1v) is 12.7. The van der Waals surface area contributed by atoms with Crippen molar-refractivity contribution in [2.75, 3.05) is 36.8 Å². The Balaban J connectivity index is 1.33. The van der Waals surface area contributed by atoms with Crippen LogP contribution >= 0.6 is 0 Å². The summed E-state index contributed by atoms with van der Waals surface area (Å²) in [6, 6.07) is 9.97. The van der Waals surface area contributed by atoms with Gasteiger partial charge < -0.3 is 20.9 Å². The minimum atomic E-state index is -0.116. The predicted molar refractivity (Wildman–Crippen MR) is 139 cm³/mol. The van der Waals surface area contributed by atoms with Gasteiger partial charge in [0.2, 0.25) is 5.95 Å². The van der Waals surface area contributed by atoms with E-state index in [-0.39, 0.29) is 17.4 Å². The van der Waals surface area contributed by atoms with Crippen LogP contribution in [0.2, 0.25) is 0 Å². The quantitative estimate of drug-likeness (QED) is 0.463. The van der Waals surface area contributed by atoms with Gasteiger partial charge in [-0.25, -0.2) is 9.97 Å². The highest BCUT2D eigenvalue weighted by atomic mass is 16.2. The average Bonchev–Trinajstić information content (AvgIpc) is 3.16. The first-order chi connectivity index (χ1) is 16.3. The van der Waals surface area contributed by atoms with Crippen LogP contribution < -0.4 is 16.0 Å². The molecule has 7 heteroatoms. The molecule has 34 heavy (non-hydrogen) atoms. The van der Waals surface area contributed by atoms with E-state index >= 15 is 0 Å². The minimum Gasteiger partial charge on any atom is -0.384 e. The molecule has 2 saturated carbocycles. The number of nitrogens with zero attached hydrogens (tertiary/aromatic N) is 3. The molecule has 2 bridgehead atoms. The molecule has 0 aliphatic heterocycles. The number of fused-ring (bicyclic) bond motifs is 2. The van der Waals surface area contributed by atoms with Gasteiger partial charge in [0.15, 0.2) is 0 Å². The summed E-state index contributed by atoms with van der Waals surface area (Å²) in [6.07, 6.45) is 5.12. The molecule has 3 N–H and O–H groups in total. The molecule has 1 amide bonds. The lowest BCUT2D eigenvalue weighted by Gasteiger charge is -2.33. The van der Waals surface area contributed by atoms with Crippen molar-refractivity contribution in [2.45, 2.75) is 59.9 Å². The SMILES string of the molecule is CCN(CC)CCNc1ccc(Nc2nccc(C(=O)NC3CC4(C)CCC3C4(C)C)n2)cc1. The lowest BCUT2D eigenvalue weighted by molar-refractivity contribution is 0.0912. The summed E-state index contributed by atoms with van der Waals surface area (Å²) in [4.78, 5) is 24.2. The van der Waals surface area contributed by atoms with E-state index in [1.807, 2.05) is 24.3 Å². The van der Waals surface area contributed by atoms with Crippen LogP contribution in [0.5, 0.6) is 0 Å². The Hall–Kier alpha value is -2.67. The highest BCUT2D eigenvalue weighted by Gasteiger charge is 2.60. The Kier molecular flexibility index (Phi) is 7.12. The number of nitrogens with one attached hydrogen (secondary N) is 3. The Morgan fingerprint density at radius 3 is 2.41 bits per heavy atom. The Bertz CT molecular complexity index is 984. The van der Waals surface area contributed by atoms with Crippen LogP contribution in [0, 0.1) is 16.7 Å². The maximum atomic E-state index is 13.0. The van der Waals surface area contributed by atoms with E-state index in [2.05, 4.69) is 65.4 Å². The second-order valence-electron chi connectivity index (χ2n) is 10.6. The van der Waals surface area contributed by atoms with E-state index in [1.165, 1.54) is 12.8 Å². The van der Waals surface area contributed by atoms with Crippen molar-refractivity contribution in [2.24, 2.45) is 16.7 Å². The van der Waals surface area contributed by atoms with Crippen LogP contribution in [0.1, 0.15) is 64.4 Å². The number of hydrogen-bond acceptors (Lipinski definition) is 6. The van der Waals surface area contributed by atoms with Gasteiger partial charge in [0.1, 0.15) is 5.69 Å². The van der Waals surface area contributed by atoms with Crippen molar-refractivity contribution < 1.29 is 4.79 Å². The second kappa shape index (κ2) is 9.90. The van der Waals surface area contributed by atoms with Gasteiger partial charge in [0, 0.05) is 36.7 Å². The third-order valence-electron chi connectivity index (χ3n) is 8.64. The molecule has 2 fully saturated rings. The molecule has 0 spiro atoms. The average molecular weight is 465 g/mol. The second-order valence-corrected chi connectivity index (χ2v) is 10.6. The Labute approximate surface area is 204 Å². The van der Waals surface area contributed by atoms with Gasteiger partial charge in [0.25, 0.3) is 5.91 Å². The maximum Gasteiger partial charge on any atom is 0.270 e. The zero-order valence-electron chi connectivity index (χ0n) is 21.3. The largest absolute Gasteiger partial charge is 0.384 e. The van der Waals surface area contributed by atoms with Gasteiger partial charge in [-0.05, 0) is 79.4 Å². The van der Waals surface area contributed by atoms with Gasteiger partial charge in [-0.15, -0.1) is 0 Å². The van der Waals surface area contributed by atoms with Gasteiger partial charge in [-0.1, -0.05) is 34.6 Å². The minimum absolute atomic E-state index is 0.116. The number of anilines is 3. The Morgan fingerprint density at radius 2 is 1.79 bits per heavy atom. The molecule has 2 aromatic rings. The molecule has 0 radical (unpaired) electrons. The maximum absolute atomic E-state index is 13.0. The standard InChI is InChI=1S/C27H40N6O/c1-6-33(7-2)17-16-28-19-8-10-20(11-9-19)30-25-29-15-13-22(32-25)24(34)31-23-18-27(5)14-12-21(23)26(27,3)4/h8-11,13,15,21,23,28H,6-7,12,14,16-18H2,1-5H3,(H,31,34)(H,29,30,32). The van der Waals surface area contributed by atoms with E-state index in [0.717, 1.165) is 44.0 Å². The van der Waals surface area contributed by atoms with Gasteiger partial charge in [0.05, 0.1) is 0 Å². The molecule has 1 aromatic carbocycles. The number of hydrogen-bond donors (Lipinski definition) is 3. The number of aromatic nitrogens is 2. The number of carbonyl (C=O) groups is 1. The van der Waals surface area contributed by atoms with Gasteiger partial charge >= 0.3 is 0 Å². The summed E-state index contributed by atoms with van der Waals surface area (Å²) in [5, 5.41) is 9.95. The number of benzene rings is 1. The molecular weight excluding hydrogens is 424 g/mol. The lowest BCUT2D eigenvalue weighted by atomic mass is 9.71. The first-order valence-electron chi connectivity index (χ1n) is 12.7. The molecule has 0 saturated heterocycles. The molecule has 1 aromatic heterocycles. The Morgan fingerprint density at radius 1 is 1.09 bits per heavy atom. The highest BCUT2D eigenvalue weighted by Crippen LogP contribution is 2.65. The summed E-state index contributed by atoms with van der Waals surface area (Å²) >= 11 is 0. The number of rotatable bonds is 10. The number of likely N-dealkylation sites (N-methyl/N-ethyl adjacent to an activating group) is 1. The zero-order valence-corrected chi connectivity index (χ0v) is 21.3. The van der Waals surface area contributed by atoms with E-state index < -0.39 is 0 Å². The molecule has 2 aliphatic carbocycles. The highest BCUT2D eigenvalue weighted by molar-refractivity contribution is 5.92. The van der Waals surface area contributed by atoms with E-state index in [9.17, 15) is 4.79 Å². The molecule has 184 valence electrons. The van der Waals surface area contributed by atoms with E-state index in [0.29, 0.717) is 23.0 Å². The molecule has 1 heterocycles. The predicted octanol–water partition coefficient (Wildman–Crippen LogP) is 4.92. The van der Waals surface area contributed by atoms with Crippen molar-refractivity contribution in [1.29, 1.82) is 0 Å². The summed E-state index contributed by atoms with van der Waals surface area (Å²) in [5.74, 6) is 0.838. The summed E-state index contributed by atoms with van der Waals surface area (Å²) in [7, 11) is 0. The van der Waals surface area contributed by atoms with Gasteiger partial charge in [-0.2, -0.15) is 0 Å². The molecule has 4 rings (SSSR count). The summed E-state index contributed by atoms with van der Waals surface area (Å²) in [5.41, 5.74) is 2.93. The van der Waals surface area contributed by atoms with Crippen LogP contribution in [-0.4, -0.2) is 53.0 Å². The first kappa shape index (κ1) is 24.5. The van der Waals surface area contributed by atoms with Crippen molar-refractivity contribution in [3.63, 3.8) is 0 Å². The zero-order chi connectivity index (χ0) is 24.3. The molecule has 2 aliphatic rings. The van der Waals surface area contributed by atoms with Crippen LogP contribution in [0.25, 0.3) is 0 Å². The van der Waals surface area contributed by atoms with Gasteiger partial charge in [-0.3, -0.25) is 4.79 Å². The number of amides is 1. The normalized spacial score (nSPS) is 24.9. The smallest absolute Gasteiger partial charge is 0.270 e. The molecule has 7 nitrogen and oxygen atoms in total. The molecule has 3 atom stereocenters. The fourth-order valence-electron chi connectivity index (χ4n) is 5.94. The van der Waals surface area contributed by atoms with Crippen LogP contribution in [-0.2, 0) is 0 Å². The van der Waals surface area contributed by atoms with Crippen molar-refractivity contribution in [3.8, 4) is 0 Å². The molecular formula is C27H40N6O. The van der Waals surface area contributed by atoms with Crippen LogP contribution in [0.15, 0.2) is 36.5 Å². The number of carbonyl (C=O) groups excluding carboxylic acids is 1. The monoisotopic (exact) mass is 464 g/mol. The topological polar surface area (TPSA) is 82.2 Å². The van der Waals surface area contributed by atoms with Crippen molar-refractivity contribution in [3.05, 3.63) is 42.2 Å². The fourth-order valence-corrected chi connectivity index (χ4v) is 5.94. The van der Waals surface area contributed by atoms with Crippen LogP contribution in [0.4, 0.5) is 17.3 Å². The molecule has 3 unspecified atom stereocenters. The third-order valence-corrected chi connectivity index (χ3v) is 8.64. The summed E-state index contributed by atoms with van der Waals surface area (Å²) in [6.45, 7) is 15.5. The lowest BCUT2D eigenvalue weighted by Crippen LogP contribution is -2.40. The third kappa shape index (κ3) is 4.90. The van der Waals surface area contributed by atoms with E-state index in [1.54, 1.807) is 12.3 Å². The van der Waals surface area contributed by atoms with Crippen molar-refractivity contribution in [1.82, 2.24) is 20.2 Å². The summed E-state index contributed by atoms with van der Waals surface area (Å²) < 4.78 is 0. The van der Waals surface area contributed by atoms with Crippen molar-refractivity contribution >= 4 is 23.2 Å².